The van der Waals surface area contributed by atoms with Crippen LogP contribution in [-0.4, -0.2) is 28.8 Å². The molecule has 0 saturated heterocycles. The van der Waals surface area contributed by atoms with Crippen molar-refractivity contribution in [3.8, 4) is 0 Å². The van der Waals surface area contributed by atoms with Crippen molar-refractivity contribution >= 4 is 5.91 Å². The van der Waals surface area contributed by atoms with Crippen LogP contribution in [0.1, 0.15) is 17.4 Å². The Bertz CT molecular complexity index is 386. The molecule has 0 aromatic carbocycles. The quantitative estimate of drug-likeness (QED) is 0.765. The first-order valence-electron chi connectivity index (χ1n) is 5.01. The zero-order valence-electron chi connectivity index (χ0n) is 9.11. The fraction of sp³-hybridized carbons (Fsp3) is 0.400. The van der Waals surface area contributed by atoms with Crippen LogP contribution in [0.4, 0.5) is 4.39 Å². The van der Waals surface area contributed by atoms with Crippen LogP contribution < -0.4 is 11.1 Å². The summed E-state index contributed by atoms with van der Waals surface area (Å²) >= 11 is 0. The summed E-state index contributed by atoms with van der Waals surface area (Å²) in [5, 5.41) is 6.63. The Kier molecular flexibility index (Phi) is 4.65. The van der Waals surface area contributed by atoms with Crippen molar-refractivity contribution in [1.29, 1.82) is 0 Å². The van der Waals surface area contributed by atoms with Gasteiger partial charge in [0.15, 0.2) is 0 Å². The van der Waals surface area contributed by atoms with Crippen LogP contribution in [0.15, 0.2) is 24.2 Å². The molecule has 0 spiro atoms. The molecular weight excluding hydrogens is 211 g/mol. The Hall–Kier alpha value is -1.69. The Morgan fingerprint density at radius 1 is 1.75 bits per heavy atom. The molecule has 88 valence electrons. The SMILES string of the molecule is CCNC(=O)c1ccn(C/C(=C/F)CN)n1. The van der Waals surface area contributed by atoms with Crippen LogP contribution in [0.3, 0.4) is 0 Å². The molecule has 6 heteroatoms. The van der Waals surface area contributed by atoms with Gasteiger partial charge in [-0.2, -0.15) is 5.10 Å². The first-order chi connectivity index (χ1) is 7.71. The van der Waals surface area contributed by atoms with E-state index in [1.807, 2.05) is 6.92 Å². The fourth-order valence-corrected chi connectivity index (χ4v) is 1.17. The van der Waals surface area contributed by atoms with E-state index in [0.717, 1.165) is 0 Å². The van der Waals surface area contributed by atoms with Gasteiger partial charge in [-0.3, -0.25) is 9.48 Å². The first-order valence-corrected chi connectivity index (χ1v) is 5.01. The fourth-order valence-electron chi connectivity index (χ4n) is 1.17. The molecule has 1 rings (SSSR count). The predicted octanol–water partition coefficient (Wildman–Crippen LogP) is 0.445. The summed E-state index contributed by atoms with van der Waals surface area (Å²) in [7, 11) is 0. The lowest BCUT2D eigenvalue weighted by atomic mass is 10.3. The average molecular weight is 226 g/mol. The number of amides is 1. The highest BCUT2D eigenvalue weighted by Gasteiger charge is 2.08. The maximum Gasteiger partial charge on any atom is 0.271 e. The molecule has 0 aliphatic carbocycles. The maximum atomic E-state index is 12.3. The minimum absolute atomic E-state index is 0.132. The van der Waals surface area contributed by atoms with E-state index in [2.05, 4.69) is 10.4 Å². The van der Waals surface area contributed by atoms with Crippen molar-refractivity contribution in [3.63, 3.8) is 0 Å². The molecule has 0 atom stereocenters. The molecule has 0 fully saturated rings. The van der Waals surface area contributed by atoms with Gasteiger partial charge in [-0.05, 0) is 18.6 Å². The van der Waals surface area contributed by atoms with E-state index in [4.69, 9.17) is 5.73 Å². The van der Waals surface area contributed by atoms with Crippen molar-refractivity contribution < 1.29 is 9.18 Å². The Morgan fingerprint density at radius 2 is 2.50 bits per heavy atom. The number of aromatic nitrogens is 2. The number of hydrogen-bond acceptors (Lipinski definition) is 3. The normalized spacial score (nSPS) is 11.6. The summed E-state index contributed by atoms with van der Waals surface area (Å²) in [6, 6.07) is 1.58. The topological polar surface area (TPSA) is 72.9 Å². The molecule has 0 aliphatic heterocycles. The number of carbonyl (C=O) groups is 1. The minimum Gasteiger partial charge on any atom is -0.351 e. The second-order valence-electron chi connectivity index (χ2n) is 3.23. The zero-order valence-corrected chi connectivity index (χ0v) is 9.11. The lowest BCUT2D eigenvalue weighted by Gasteiger charge is -2.02. The predicted molar refractivity (Wildman–Crippen MR) is 58.5 cm³/mol. The smallest absolute Gasteiger partial charge is 0.271 e. The molecule has 16 heavy (non-hydrogen) atoms. The van der Waals surface area contributed by atoms with Crippen molar-refractivity contribution in [2.75, 3.05) is 13.1 Å². The highest BCUT2D eigenvalue weighted by atomic mass is 19.1. The van der Waals surface area contributed by atoms with Gasteiger partial charge in [-0.1, -0.05) is 0 Å². The molecular formula is C10H15FN4O. The molecule has 0 aliphatic rings. The lowest BCUT2D eigenvalue weighted by Crippen LogP contribution is -2.23. The lowest BCUT2D eigenvalue weighted by molar-refractivity contribution is 0.0950. The van der Waals surface area contributed by atoms with Gasteiger partial charge in [-0.25, -0.2) is 4.39 Å². The van der Waals surface area contributed by atoms with Gasteiger partial charge in [0.25, 0.3) is 5.91 Å². The highest BCUT2D eigenvalue weighted by Crippen LogP contribution is 2.01. The van der Waals surface area contributed by atoms with Crippen LogP contribution in [0.2, 0.25) is 0 Å². The van der Waals surface area contributed by atoms with Crippen LogP contribution in [-0.2, 0) is 6.54 Å². The van der Waals surface area contributed by atoms with Crippen LogP contribution in [0.5, 0.6) is 0 Å². The van der Waals surface area contributed by atoms with Crippen LogP contribution in [0, 0.1) is 0 Å². The third-order valence-corrected chi connectivity index (χ3v) is 1.99. The van der Waals surface area contributed by atoms with Gasteiger partial charge < -0.3 is 11.1 Å². The summed E-state index contributed by atoms with van der Waals surface area (Å²) in [4.78, 5) is 11.4. The molecule has 0 radical (unpaired) electrons. The number of halogens is 1. The number of hydrogen-bond donors (Lipinski definition) is 2. The Balaban J connectivity index is 2.68. The van der Waals surface area contributed by atoms with Crippen molar-refractivity contribution in [1.82, 2.24) is 15.1 Å². The molecule has 1 heterocycles. The van der Waals surface area contributed by atoms with Gasteiger partial charge in [-0.15, -0.1) is 0 Å². The summed E-state index contributed by atoms with van der Waals surface area (Å²) in [5.41, 5.74) is 6.06. The summed E-state index contributed by atoms with van der Waals surface area (Å²) < 4.78 is 13.7. The van der Waals surface area contributed by atoms with E-state index in [9.17, 15) is 9.18 Å². The Labute approximate surface area is 93.1 Å². The van der Waals surface area contributed by atoms with Gasteiger partial charge in [0.05, 0.1) is 12.9 Å². The van der Waals surface area contributed by atoms with E-state index >= 15 is 0 Å². The van der Waals surface area contributed by atoms with Gasteiger partial charge in [0, 0.05) is 19.3 Å². The molecule has 5 nitrogen and oxygen atoms in total. The third kappa shape index (κ3) is 3.16. The van der Waals surface area contributed by atoms with E-state index in [0.29, 0.717) is 24.1 Å². The second-order valence-corrected chi connectivity index (χ2v) is 3.23. The molecule has 1 aromatic rings. The monoisotopic (exact) mass is 226 g/mol. The Morgan fingerprint density at radius 3 is 3.06 bits per heavy atom. The molecule has 0 bridgehead atoms. The number of nitrogens with one attached hydrogen (secondary N) is 1. The van der Waals surface area contributed by atoms with E-state index < -0.39 is 0 Å². The van der Waals surface area contributed by atoms with Crippen molar-refractivity contribution in [2.45, 2.75) is 13.5 Å². The van der Waals surface area contributed by atoms with Crippen molar-refractivity contribution in [3.05, 3.63) is 29.9 Å². The number of nitrogens with zero attached hydrogens (tertiary/aromatic N) is 2. The molecule has 0 unspecified atom stereocenters. The number of nitrogens with two attached hydrogens (primary N) is 1. The average Bonchev–Trinajstić information content (AvgIpc) is 2.74. The summed E-state index contributed by atoms with van der Waals surface area (Å²) in [6.07, 6.45) is 2.08. The largest absolute Gasteiger partial charge is 0.351 e. The molecule has 0 saturated carbocycles. The first kappa shape index (κ1) is 12.4. The van der Waals surface area contributed by atoms with Crippen LogP contribution in [0.25, 0.3) is 0 Å². The van der Waals surface area contributed by atoms with E-state index in [1.165, 1.54) is 4.68 Å². The second kappa shape index (κ2) is 6.02. The van der Waals surface area contributed by atoms with Crippen molar-refractivity contribution in [2.24, 2.45) is 5.73 Å². The van der Waals surface area contributed by atoms with E-state index in [1.54, 1.807) is 12.3 Å². The number of carbonyl (C=O) groups excluding carboxylic acids is 1. The minimum atomic E-state index is -0.236. The zero-order chi connectivity index (χ0) is 12.0. The molecule has 3 N–H and O–H groups in total. The molecule has 1 amide bonds. The summed E-state index contributed by atoms with van der Waals surface area (Å²) in [5.74, 6) is -0.236. The number of rotatable bonds is 5. The van der Waals surface area contributed by atoms with Gasteiger partial charge >= 0.3 is 0 Å². The van der Waals surface area contributed by atoms with Crippen LogP contribution >= 0.6 is 0 Å². The third-order valence-electron chi connectivity index (χ3n) is 1.99. The summed E-state index contributed by atoms with van der Waals surface area (Å²) in [6.45, 7) is 2.76. The highest BCUT2D eigenvalue weighted by molar-refractivity contribution is 5.92. The van der Waals surface area contributed by atoms with Gasteiger partial charge in [0.1, 0.15) is 5.69 Å². The standard InChI is InChI=1S/C10H15FN4O/c1-2-13-10(16)9-3-4-15(14-9)7-8(5-11)6-12/h3-5H,2,6-7,12H2,1H3,(H,13,16)/b8-5+. The maximum absolute atomic E-state index is 12.3. The van der Waals surface area contributed by atoms with E-state index in [-0.39, 0.29) is 19.0 Å². The van der Waals surface area contributed by atoms with Gasteiger partial charge in [0.2, 0.25) is 0 Å². The molecule has 1 aromatic heterocycles.